The van der Waals surface area contributed by atoms with Gasteiger partial charge in [0, 0.05) is 6.42 Å². The molecule has 0 bridgehead atoms. The largest absolute Gasteiger partial charge is 0.456 e. The Morgan fingerprint density at radius 3 is 2.07 bits per heavy atom. The SMILES string of the molecule is CC1(CCCCCCCCCCCCc2ccccc2)CC2(C)OC(=O)CC2O1. The second kappa shape index (κ2) is 10.6. The Bertz CT molecular complexity index is 628. The first kappa shape index (κ1) is 22.3. The van der Waals surface area contributed by atoms with Crippen LogP contribution in [0.2, 0.25) is 0 Å². The van der Waals surface area contributed by atoms with Crippen LogP contribution in [0.15, 0.2) is 30.3 Å². The van der Waals surface area contributed by atoms with Crippen LogP contribution < -0.4 is 0 Å². The summed E-state index contributed by atoms with van der Waals surface area (Å²) in [5, 5.41) is 0. The van der Waals surface area contributed by atoms with Crippen molar-refractivity contribution in [1.82, 2.24) is 0 Å². The van der Waals surface area contributed by atoms with Crippen LogP contribution in [0.1, 0.15) is 103 Å². The number of fused-ring (bicyclic) bond motifs is 1. The van der Waals surface area contributed by atoms with E-state index < -0.39 is 0 Å². The van der Waals surface area contributed by atoms with Crippen LogP contribution in [0, 0.1) is 0 Å². The number of aryl methyl sites for hydroxylation is 1. The molecule has 3 rings (SSSR count). The van der Waals surface area contributed by atoms with Crippen molar-refractivity contribution in [3.63, 3.8) is 0 Å². The molecule has 0 aliphatic carbocycles. The summed E-state index contributed by atoms with van der Waals surface area (Å²) >= 11 is 0. The third kappa shape index (κ3) is 6.84. The van der Waals surface area contributed by atoms with Gasteiger partial charge in [0.25, 0.3) is 0 Å². The molecular weight excluding hydrogens is 360 g/mol. The zero-order valence-corrected chi connectivity index (χ0v) is 18.6. The Balaban J connectivity index is 1.13. The van der Waals surface area contributed by atoms with Gasteiger partial charge in [0.1, 0.15) is 11.7 Å². The molecule has 0 aromatic heterocycles. The molecule has 3 heteroatoms. The van der Waals surface area contributed by atoms with Crippen LogP contribution in [-0.2, 0) is 20.7 Å². The van der Waals surface area contributed by atoms with Crippen molar-refractivity contribution in [3.8, 4) is 0 Å². The Labute approximate surface area is 177 Å². The van der Waals surface area contributed by atoms with E-state index in [9.17, 15) is 4.79 Å². The maximum Gasteiger partial charge on any atom is 0.309 e. The lowest BCUT2D eigenvalue weighted by molar-refractivity contribution is -0.147. The highest BCUT2D eigenvalue weighted by atomic mass is 16.6. The van der Waals surface area contributed by atoms with Crippen LogP contribution in [0.3, 0.4) is 0 Å². The molecule has 3 unspecified atom stereocenters. The summed E-state index contributed by atoms with van der Waals surface area (Å²) < 4.78 is 11.8. The second-order valence-corrected chi connectivity index (χ2v) is 9.75. The summed E-state index contributed by atoms with van der Waals surface area (Å²) in [6, 6.07) is 10.8. The summed E-state index contributed by atoms with van der Waals surface area (Å²) in [5.74, 6) is -0.101. The topological polar surface area (TPSA) is 35.5 Å². The number of carbonyl (C=O) groups excluding carboxylic acids is 1. The van der Waals surface area contributed by atoms with Crippen molar-refractivity contribution < 1.29 is 14.3 Å². The van der Waals surface area contributed by atoms with Crippen LogP contribution in [-0.4, -0.2) is 23.3 Å². The molecule has 1 aromatic rings. The third-order valence-electron chi connectivity index (χ3n) is 6.80. The monoisotopic (exact) mass is 400 g/mol. The van der Waals surface area contributed by atoms with E-state index in [-0.39, 0.29) is 23.3 Å². The van der Waals surface area contributed by atoms with Gasteiger partial charge in [-0.2, -0.15) is 0 Å². The van der Waals surface area contributed by atoms with Crippen molar-refractivity contribution in [2.75, 3.05) is 0 Å². The van der Waals surface area contributed by atoms with Gasteiger partial charge in [0.2, 0.25) is 0 Å². The summed E-state index contributed by atoms with van der Waals surface area (Å²) in [6.07, 6.45) is 17.0. The van der Waals surface area contributed by atoms with E-state index >= 15 is 0 Å². The van der Waals surface area contributed by atoms with Gasteiger partial charge in [-0.25, -0.2) is 0 Å². The number of benzene rings is 1. The van der Waals surface area contributed by atoms with E-state index in [4.69, 9.17) is 9.47 Å². The Hall–Kier alpha value is -1.35. The fourth-order valence-corrected chi connectivity index (χ4v) is 5.21. The first-order chi connectivity index (χ1) is 14.0. The highest BCUT2D eigenvalue weighted by Crippen LogP contribution is 2.47. The number of hydrogen-bond acceptors (Lipinski definition) is 3. The first-order valence-corrected chi connectivity index (χ1v) is 11.9. The summed E-state index contributed by atoms with van der Waals surface area (Å²) in [5.41, 5.74) is 0.981. The molecular formula is C26H40O3. The maximum atomic E-state index is 11.5. The molecule has 2 heterocycles. The summed E-state index contributed by atoms with van der Waals surface area (Å²) in [4.78, 5) is 11.5. The van der Waals surface area contributed by atoms with Gasteiger partial charge in [-0.1, -0.05) is 88.1 Å². The predicted molar refractivity (Wildman–Crippen MR) is 118 cm³/mol. The molecule has 1 aromatic carbocycles. The second-order valence-electron chi connectivity index (χ2n) is 9.75. The third-order valence-corrected chi connectivity index (χ3v) is 6.80. The van der Waals surface area contributed by atoms with E-state index in [2.05, 4.69) is 37.3 Å². The van der Waals surface area contributed by atoms with E-state index in [1.807, 2.05) is 6.92 Å². The zero-order chi connectivity index (χ0) is 20.6. The molecule has 2 aliphatic heterocycles. The summed E-state index contributed by atoms with van der Waals surface area (Å²) in [6.45, 7) is 4.23. The van der Waals surface area contributed by atoms with Crippen molar-refractivity contribution in [1.29, 1.82) is 0 Å². The van der Waals surface area contributed by atoms with Gasteiger partial charge in [0.05, 0.1) is 12.0 Å². The highest BCUT2D eigenvalue weighted by Gasteiger charge is 2.57. The lowest BCUT2D eigenvalue weighted by Gasteiger charge is -2.25. The van der Waals surface area contributed by atoms with Gasteiger partial charge in [-0.3, -0.25) is 4.79 Å². The van der Waals surface area contributed by atoms with E-state index in [1.54, 1.807) is 0 Å². The minimum atomic E-state index is -0.382. The molecule has 0 amide bonds. The van der Waals surface area contributed by atoms with Crippen molar-refractivity contribution in [2.45, 2.75) is 121 Å². The van der Waals surface area contributed by atoms with Gasteiger partial charge in [0.15, 0.2) is 0 Å². The zero-order valence-electron chi connectivity index (χ0n) is 18.6. The van der Waals surface area contributed by atoms with Gasteiger partial charge in [-0.05, 0) is 38.7 Å². The standard InChI is InChI=1S/C26H40O3/c1-25(21-26(2)23(28-25)20-24(27)29-26)19-15-10-8-6-4-3-5-7-9-12-16-22-17-13-11-14-18-22/h11,13-14,17-18,23H,3-10,12,15-16,19-21H2,1-2H3. The number of unbranched alkanes of at least 4 members (excludes halogenated alkanes) is 9. The number of carbonyl (C=O) groups is 1. The molecule has 2 aliphatic rings. The minimum absolute atomic E-state index is 0.0345. The molecule has 0 N–H and O–H groups in total. The number of rotatable bonds is 13. The molecule has 3 atom stereocenters. The van der Waals surface area contributed by atoms with Gasteiger partial charge < -0.3 is 9.47 Å². The highest BCUT2D eigenvalue weighted by molar-refractivity contribution is 5.73. The lowest BCUT2D eigenvalue weighted by Crippen LogP contribution is -2.31. The molecule has 162 valence electrons. The van der Waals surface area contributed by atoms with Crippen LogP contribution in [0.5, 0.6) is 0 Å². The number of esters is 1. The number of ether oxygens (including phenoxy) is 2. The van der Waals surface area contributed by atoms with E-state index in [0.717, 1.165) is 12.8 Å². The average Bonchev–Trinajstić information content (AvgIpc) is 3.08. The average molecular weight is 401 g/mol. The number of hydrogen-bond donors (Lipinski definition) is 0. The van der Waals surface area contributed by atoms with Crippen LogP contribution in [0.4, 0.5) is 0 Å². The Kier molecular flexibility index (Phi) is 8.17. The molecule has 3 nitrogen and oxygen atoms in total. The Morgan fingerprint density at radius 1 is 0.862 bits per heavy atom. The normalized spacial score (nSPS) is 28.5. The lowest BCUT2D eigenvalue weighted by atomic mass is 9.87. The molecule has 0 spiro atoms. The smallest absolute Gasteiger partial charge is 0.309 e. The van der Waals surface area contributed by atoms with Crippen molar-refractivity contribution >= 4 is 5.97 Å². The quantitative estimate of drug-likeness (QED) is 0.271. The summed E-state index contributed by atoms with van der Waals surface area (Å²) in [7, 11) is 0. The molecule has 2 fully saturated rings. The van der Waals surface area contributed by atoms with E-state index in [1.165, 1.54) is 76.2 Å². The Morgan fingerprint density at radius 2 is 1.45 bits per heavy atom. The molecule has 0 saturated carbocycles. The molecule has 0 radical (unpaired) electrons. The van der Waals surface area contributed by atoms with Crippen molar-refractivity contribution in [3.05, 3.63) is 35.9 Å². The first-order valence-electron chi connectivity index (χ1n) is 11.9. The van der Waals surface area contributed by atoms with Crippen LogP contribution >= 0.6 is 0 Å². The van der Waals surface area contributed by atoms with Gasteiger partial charge >= 0.3 is 5.97 Å². The fourth-order valence-electron chi connectivity index (χ4n) is 5.21. The van der Waals surface area contributed by atoms with Crippen molar-refractivity contribution in [2.24, 2.45) is 0 Å². The van der Waals surface area contributed by atoms with Gasteiger partial charge in [-0.15, -0.1) is 0 Å². The predicted octanol–water partition coefficient (Wildman–Crippen LogP) is 6.77. The van der Waals surface area contributed by atoms with E-state index in [0.29, 0.717) is 6.42 Å². The minimum Gasteiger partial charge on any atom is -0.456 e. The van der Waals surface area contributed by atoms with Crippen LogP contribution in [0.25, 0.3) is 0 Å². The fraction of sp³-hybridized carbons (Fsp3) is 0.731. The maximum absolute atomic E-state index is 11.5. The molecule has 29 heavy (non-hydrogen) atoms. The molecule has 2 saturated heterocycles.